The van der Waals surface area contributed by atoms with Crippen LogP contribution < -0.4 is 10.6 Å². The van der Waals surface area contributed by atoms with Gasteiger partial charge >= 0.3 is 6.03 Å². The molecule has 2 rings (SSSR count). The van der Waals surface area contributed by atoms with Gasteiger partial charge < -0.3 is 15.5 Å². The van der Waals surface area contributed by atoms with Crippen molar-refractivity contribution in [2.24, 2.45) is 0 Å². The molecule has 0 spiro atoms. The summed E-state index contributed by atoms with van der Waals surface area (Å²) >= 11 is 3.33. The summed E-state index contributed by atoms with van der Waals surface area (Å²) in [6.45, 7) is 1.76. The van der Waals surface area contributed by atoms with Crippen LogP contribution in [0.3, 0.4) is 0 Å². The lowest BCUT2D eigenvalue weighted by Crippen LogP contribution is -2.43. The Morgan fingerprint density at radius 2 is 2.50 bits per heavy atom. The summed E-state index contributed by atoms with van der Waals surface area (Å²) in [5, 5.41) is 8.59. The fraction of sp³-hybridized carbons (Fsp3) is 0.583. The summed E-state index contributed by atoms with van der Waals surface area (Å²) in [6.07, 6.45) is 2.82. The number of hydrogen-bond acceptors (Lipinski definition) is 5. The second kappa shape index (κ2) is 7.49. The lowest BCUT2D eigenvalue weighted by molar-refractivity contribution is -0.121. The van der Waals surface area contributed by atoms with Crippen LogP contribution in [0.5, 0.6) is 0 Å². The van der Waals surface area contributed by atoms with E-state index in [1.807, 2.05) is 11.6 Å². The van der Waals surface area contributed by atoms with E-state index in [9.17, 15) is 9.59 Å². The smallest absolute Gasteiger partial charge is 0.318 e. The third-order valence-corrected chi connectivity index (χ3v) is 4.48. The van der Waals surface area contributed by atoms with Gasteiger partial charge in [-0.2, -0.15) is 11.8 Å². The zero-order valence-corrected chi connectivity index (χ0v) is 13.0. The van der Waals surface area contributed by atoms with Crippen molar-refractivity contribution in [1.29, 1.82) is 0 Å². The van der Waals surface area contributed by atoms with Crippen molar-refractivity contribution in [2.75, 3.05) is 25.9 Å². The Hall–Kier alpha value is -1.28. The summed E-state index contributed by atoms with van der Waals surface area (Å²) in [5.41, 5.74) is 0.867. The van der Waals surface area contributed by atoms with Crippen LogP contribution in [0, 0.1) is 0 Å². The van der Waals surface area contributed by atoms with Crippen LogP contribution in [0.25, 0.3) is 0 Å². The van der Waals surface area contributed by atoms with E-state index in [1.165, 1.54) is 4.90 Å². The quantitative estimate of drug-likeness (QED) is 0.871. The summed E-state index contributed by atoms with van der Waals surface area (Å²) < 4.78 is 0. The number of hydrogen-bond donors (Lipinski definition) is 2. The molecule has 2 N–H and O–H groups in total. The van der Waals surface area contributed by atoms with Gasteiger partial charge in [0.1, 0.15) is 11.6 Å². The molecule has 1 saturated heterocycles. The summed E-state index contributed by atoms with van der Waals surface area (Å²) in [7, 11) is 0. The maximum atomic E-state index is 12.0. The molecule has 0 radical (unpaired) electrons. The van der Waals surface area contributed by atoms with Gasteiger partial charge in [-0.25, -0.2) is 9.78 Å². The zero-order chi connectivity index (χ0) is 14.4. The minimum absolute atomic E-state index is 0.103. The molecule has 0 atom stereocenters. The van der Waals surface area contributed by atoms with E-state index in [-0.39, 0.29) is 18.5 Å². The van der Waals surface area contributed by atoms with Crippen LogP contribution in [0.15, 0.2) is 5.38 Å². The first-order valence-electron chi connectivity index (χ1n) is 6.40. The molecule has 1 aromatic heterocycles. The van der Waals surface area contributed by atoms with Crippen LogP contribution in [0.2, 0.25) is 0 Å². The van der Waals surface area contributed by atoms with E-state index in [4.69, 9.17) is 0 Å². The maximum absolute atomic E-state index is 12.0. The van der Waals surface area contributed by atoms with Crippen molar-refractivity contribution in [3.8, 4) is 0 Å². The SMILES string of the molecule is CSCc1nc(CNC(=O)N2CCCNC(=O)C2)cs1. The van der Waals surface area contributed by atoms with Crippen molar-refractivity contribution >= 4 is 35.0 Å². The molecule has 6 nitrogen and oxygen atoms in total. The first-order valence-corrected chi connectivity index (χ1v) is 8.68. The molecule has 0 bridgehead atoms. The predicted molar refractivity (Wildman–Crippen MR) is 80.8 cm³/mol. The van der Waals surface area contributed by atoms with Gasteiger partial charge in [0, 0.05) is 24.2 Å². The maximum Gasteiger partial charge on any atom is 0.318 e. The summed E-state index contributed by atoms with van der Waals surface area (Å²) in [5.74, 6) is 0.791. The number of carbonyl (C=O) groups excluding carboxylic acids is 2. The van der Waals surface area contributed by atoms with E-state index in [2.05, 4.69) is 15.6 Å². The number of thioether (sulfide) groups is 1. The first kappa shape index (κ1) is 15.1. The van der Waals surface area contributed by atoms with Gasteiger partial charge in [0.2, 0.25) is 5.91 Å². The zero-order valence-electron chi connectivity index (χ0n) is 11.3. The first-order chi connectivity index (χ1) is 9.69. The second-order valence-electron chi connectivity index (χ2n) is 4.45. The molecule has 0 saturated carbocycles. The van der Waals surface area contributed by atoms with E-state index in [1.54, 1.807) is 23.1 Å². The molecule has 0 unspecified atom stereocenters. The lowest BCUT2D eigenvalue weighted by atomic mass is 10.4. The molecule has 1 aliphatic heterocycles. The number of carbonyl (C=O) groups is 2. The highest BCUT2D eigenvalue weighted by atomic mass is 32.2. The normalized spacial score (nSPS) is 15.7. The minimum Gasteiger partial charge on any atom is -0.354 e. The number of nitrogens with zero attached hydrogens (tertiary/aromatic N) is 2. The van der Waals surface area contributed by atoms with E-state index in [0.29, 0.717) is 19.6 Å². The minimum atomic E-state index is -0.207. The number of aromatic nitrogens is 1. The van der Waals surface area contributed by atoms with Gasteiger partial charge in [0.25, 0.3) is 0 Å². The number of thiazole rings is 1. The third-order valence-electron chi connectivity index (χ3n) is 2.84. The molecule has 3 amide bonds. The molecule has 110 valence electrons. The van der Waals surface area contributed by atoms with E-state index >= 15 is 0 Å². The Balaban J connectivity index is 1.82. The predicted octanol–water partition coefficient (Wildman–Crippen LogP) is 1.04. The average Bonchev–Trinajstić information content (AvgIpc) is 2.76. The Morgan fingerprint density at radius 3 is 3.30 bits per heavy atom. The van der Waals surface area contributed by atoms with Crippen LogP contribution in [-0.4, -0.2) is 47.7 Å². The topological polar surface area (TPSA) is 74.3 Å². The molecule has 20 heavy (non-hydrogen) atoms. The third kappa shape index (κ3) is 4.38. The highest BCUT2D eigenvalue weighted by Crippen LogP contribution is 2.14. The number of rotatable bonds is 4. The summed E-state index contributed by atoms with van der Waals surface area (Å²) in [6, 6.07) is -0.207. The van der Waals surface area contributed by atoms with Crippen molar-refractivity contribution in [2.45, 2.75) is 18.7 Å². The molecular weight excluding hydrogens is 296 g/mol. The van der Waals surface area contributed by atoms with E-state index < -0.39 is 0 Å². The molecule has 2 heterocycles. The molecular formula is C12H18N4O2S2. The highest BCUT2D eigenvalue weighted by Gasteiger charge is 2.19. The molecule has 1 aliphatic rings. The van der Waals surface area contributed by atoms with Gasteiger partial charge in [0.15, 0.2) is 0 Å². The molecule has 0 aliphatic carbocycles. The van der Waals surface area contributed by atoms with Crippen LogP contribution in [0.4, 0.5) is 4.79 Å². The van der Waals surface area contributed by atoms with Gasteiger partial charge in [-0.05, 0) is 12.7 Å². The number of amides is 3. The average molecular weight is 314 g/mol. The molecule has 8 heteroatoms. The standard InChI is InChI=1S/C12H18N4O2S2/c1-19-8-11-15-9(7-20-11)5-14-12(18)16-4-2-3-13-10(17)6-16/h7H,2-6,8H2,1H3,(H,13,17)(H,14,18). The lowest BCUT2D eigenvalue weighted by Gasteiger charge is -2.19. The van der Waals surface area contributed by atoms with Gasteiger partial charge in [0.05, 0.1) is 12.2 Å². The second-order valence-corrected chi connectivity index (χ2v) is 6.26. The Morgan fingerprint density at radius 1 is 1.65 bits per heavy atom. The Labute approximate surface area is 126 Å². The number of urea groups is 1. The van der Waals surface area contributed by atoms with E-state index in [0.717, 1.165) is 22.9 Å². The molecule has 1 fully saturated rings. The Bertz CT molecular complexity index is 478. The summed E-state index contributed by atoms with van der Waals surface area (Å²) in [4.78, 5) is 29.4. The monoisotopic (exact) mass is 314 g/mol. The van der Waals surface area contributed by atoms with Gasteiger partial charge in [-0.1, -0.05) is 0 Å². The van der Waals surface area contributed by atoms with Gasteiger partial charge in [-0.3, -0.25) is 4.79 Å². The van der Waals surface area contributed by atoms with Crippen LogP contribution in [0.1, 0.15) is 17.1 Å². The highest BCUT2D eigenvalue weighted by molar-refractivity contribution is 7.97. The van der Waals surface area contributed by atoms with Crippen molar-refractivity contribution in [3.63, 3.8) is 0 Å². The van der Waals surface area contributed by atoms with Crippen molar-refractivity contribution in [3.05, 3.63) is 16.1 Å². The number of nitrogens with one attached hydrogen (secondary N) is 2. The molecule has 0 aromatic carbocycles. The largest absolute Gasteiger partial charge is 0.354 e. The molecule has 1 aromatic rings. The fourth-order valence-corrected chi connectivity index (χ4v) is 3.39. The van der Waals surface area contributed by atoms with Crippen LogP contribution in [-0.2, 0) is 17.1 Å². The van der Waals surface area contributed by atoms with Crippen molar-refractivity contribution in [1.82, 2.24) is 20.5 Å². The van der Waals surface area contributed by atoms with Crippen LogP contribution >= 0.6 is 23.1 Å². The van der Waals surface area contributed by atoms with Crippen molar-refractivity contribution < 1.29 is 9.59 Å². The fourth-order valence-electron chi connectivity index (χ4n) is 1.88. The Kier molecular flexibility index (Phi) is 5.66. The van der Waals surface area contributed by atoms with Gasteiger partial charge in [-0.15, -0.1) is 11.3 Å².